The van der Waals surface area contributed by atoms with Crippen molar-refractivity contribution in [2.24, 2.45) is 23.7 Å². The van der Waals surface area contributed by atoms with E-state index in [0.29, 0.717) is 5.92 Å². The Kier molecular flexibility index (Phi) is 4.47. The lowest BCUT2D eigenvalue weighted by Crippen LogP contribution is -2.66. The van der Waals surface area contributed by atoms with Crippen molar-refractivity contribution in [3.8, 4) is 0 Å². The summed E-state index contributed by atoms with van der Waals surface area (Å²) in [4.78, 5) is 27.2. The number of benzene rings is 1. The number of carbonyl (C=O) groups excluding carboxylic acids is 2. The Bertz CT molecular complexity index is 716. The molecule has 1 aromatic rings. The molecule has 0 N–H and O–H groups in total. The second-order valence-corrected chi connectivity index (χ2v) is 7.76. The van der Waals surface area contributed by atoms with Crippen molar-refractivity contribution in [3.05, 3.63) is 48.0 Å². The minimum absolute atomic E-state index is 0.114. The van der Waals surface area contributed by atoms with Crippen molar-refractivity contribution >= 4 is 12.1 Å². The van der Waals surface area contributed by atoms with Crippen LogP contribution in [-0.2, 0) is 20.9 Å². The van der Waals surface area contributed by atoms with Gasteiger partial charge >= 0.3 is 12.1 Å². The molecule has 2 aliphatic carbocycles. The lowest BCUT2D eigenvalue weighted by Gasteiger charge is -2.57. The molecule has 0 spiro atoms. The van der Waals surface area contributed by atoms with Gasteiger partial charge in [0.2, 0.25) is 0 Å². The number of methoxy groups -OCH3 is 1. The molecule has 2 aliphatic heterocycles. The van der Waals surface area contributed by atoms with E-state index in [9.17, 15) is 9.59 Å². The zero-order valence-corrected chi connectivity index (χ0v) is 15.2. The average Bonchev–Trinajstić information content (AvgIpc) is 2.66. The third kappa shape index (κ3) is 2.79. The molecule has 4 aliphatic rings. The van der Waals surface area contributed by atoms with Crippen LogP contribution in [0.5, 0.6) is 0 Å². The Labute approximate surface area is 154 Å². The van der Waals surface area contributed by atoms with E-state index < -0.39 is 0 Å². The van der Waals surface area contributed by atoms with E-state index in [4.69, 9.17) is 9.47 Å². The van der Waals surface area contributed by atoms with Gasteiger partial charge in [0.15, 0.2) is 0 Å². The highest BCUT2D eigenvalue weighted by atomic mass is 16.6. The highest BCUT2D eigenvalue weighted by Gasteiger charge is 2.57. The maximum absolute atomic E-state index is 12.9. The molecule has 5 nitrogen and oxygen atoms in total. The number of ether oxygens (including phenoxy) is 2. The fraction of sp³-hybridized carbons (Fsp3) is 0.524. The molecule has 6 atom stereocenters. The third-order valence-corrected chi connectivity index (χ3v) is 6.18. The minimum Gasteiger partial charge on any atom is -0.469 e. The van der Waals surface area contributed by atoms with E-state index in [2.05, 4.69) is 13.0 Å². The number of carbonyl (C=O) groups is 2. The average molecular weight is 355 g/mol. The summed E-state index contributed by atoms with van der Waals surface area (Å²) in [7, 11) is 1.43. The van der Waals surface area contributed by atoms with Gasteiger partial charge in [-0.05, 0) is 30.2 Å². The Morgan fingerprint density at radius 1 is 1.15 bits per heavy atom. The number of rotatable bonds is 3. The summed E-state index contributed by atoms with van der Waals surface area (Å²) >= 11 is 0. The van der Waals surface area contributed by atoms with Gasteiger partial charge in [0.25, 0.3) is 0 Å². The van der Waals surface area contributed by atoms with Crippen LogP contribution in [0.1, 0.15) is 25.3 Å². The molecular weight excluding hydrogens is 330 g/mol. The number of amides is 1. The largest absolute Gasteiger partial charge is 0.469 e. The molecule has 1 amide bonds. The summed E-state index contributed by atoms with van der Waals surface area (Å²) in [5, 5.41) is 0. The second kappa shape index (κ2) is 6.78. The fourth-order valence-corrected chi connectivity index (χ4v) is 5.13. The molecule has 5 rings (SSSR count). The number of hydrogen-bond donors (Lipinski definition) is 0. The number of esters is 1. The lowest BCUT2D eigenvalue weighted by molar-refractivity contribution is -0.158. The van der Waals surface area contributed by atoms with Gasteiger partial charge < -0.3 is 9.47 Å². The first-order valence-corrected chi connectivity index (χ1v) is 9.35. The van der Waals surface area contributed by atoms with Crippen LogP contribution in [-0.4, -0.2) is 36.2 Å². The number of nitrogens with zero attached hydrogens (tertiary/aromatic N) is 1. The van der Waals surface area contributed by atoms with Crippen LogP contribution < -0.4 is 0 Å². The summed E-state index contributed by atoms with van der Waals surface area (Å²) in [5.74, 6) is 0.431. The van der Waals surface area contributed by atoms with Gasteiger partial charge in [0.1, 0.15) is 6.61 Å². The van der Waals surface area contributed by atoms with E-state index in [0.717, 1.165) is 18.4 Å². The number of hydrogen-bond acceptors (Lipinski definition) is 4. The molecule has 5 heteroatoms. The van der Waals surface area contributed by atoms with E-state index >= 15 is 0 Å². The first-order chi connectivity index (χ1) is 12.6. The molecule has 2 fully saturated rings. The summed E-state index contributed by atoms with van der Waals surface area (Å²) in [6.07, 6.45) is 5.83. The second-order valence-electron chi connectivity index (χ2n) is 7.76. The first kappa shape index (κ1) is 17.1. The van der Waals surface area contributed by atoms with Gasteiger partial charge in [-0.1, -0.05) is 49.4 Å². The van der Waals surface area contributed by atoms with Crippen molar-refractivity contribution in [1.29, 1.82) is 0 Å². The monoisotopic (exact) mass is 355 g/mol. The summed E-state index contributed by atoms with van der Waals surface area (Å²) in [6.45, 7) is 2.44. The van der Waals surface area contributed by atoms with Crippen molar-refractivity contribution < 1.29 is 19.1 Å². The van der Waals surface area contributed by atoms with Gasteiger partial charge in [-0.3, -0.25) is 9.69 Å². The maximum Gasteiger partial charge on any atom is 0.410 e. The van der Waals surface area contributed by atoms with E-state index in [1.165, 1.54) is 7.11 Å². The predicted octanol–water partition coefficient (Wildman–Crippen LogP) is 3.40. The van der Waals surface area contributed by atoms with Gasteiger partial charge in [-0.2, -0.15) is 0 Å². The lowest BCUT2D eigenvalue weighted by atomic mass is 9.58. The van der Waals surface area contributed by atoms with Gasteiger partial charge in [-0.15, -0.1) is 0 Å². The summed E-state index contributed by atoms with van der Waals surface area (Å²) in [6, 6.07) is 9.51. The summed E-state index contributed by atoms with van der Waals surface area (Å²) < 4.78 is 10.7. The zero-order valence-electron chi connectivity index (χ0n) is 15.2. The SMILES string of the molecule is COC(=O)[C@H]1[C@@H]2C[C@@H](C)C[C@H]3[C@@H]2C=C[C@@H]1N3C(=O)OCc1ccccc1. The summed E-state index contributed by atoms with van der Waals surface area (Å²) in [5.41, 5.74) is 0.956. The van der Waals surface area contributed by atoms with Crippen molar-refractivity contribution in [3.63, 3.8) is 0 Å². The quantitative estimate of drug-likeness (QED) is 0.616. The Morgan fingerprint density at radius 2 is 1.92 bits per heavy atom. The normalized spacial score (nSPS) is 34.5. The highest BCUT2D eigenvalue weighted by molar-refractivity contribution is 5.78. The minimum atomic E-state index is -0.334. The maximum atomic E-state index is 12.9. The van der Waals surface area contributed by atoms with Gasteiger partial charge in [0.05, 0.1) is 19.1 Å². The molecule has 1 aromatic carbocycles. The van der Waals surface area contributed by atoms with E-state index in [-0.39, 0.29) is 48.5 Å². The molecule has 138 valence electrons. The van der Waals surface area contributed by atoms with Crippen LogP contribution in [0.15, 0.2) is 42.5 Å². The third-order valence-electron chi connectivity index (χ3n) is 6.18. The van der Waals surface area contributed by atoms with Gasteiger partial charge in [0, 0.05) is 12.0 Å². The van der Waals surface area contributed by atoms with Crippen molar-refractivity contribution in [1.82, 2.24) is 4.90 Å². The van der Waals surface area contributed by atoms with Gasteiger partial charge in [-0.25, -0.2) is 4.79 Å². The fourth-order valence-electron chi connectivity index (χ4n) is 5.13. The molecule has 1 saturated heterocycles. The molecule has 0 radical (unpaired) electrons. The van der Waals surface area contributed by atoms with Crippen LogP contribution in [0, 0.1) is 23.7 Å². The zero-order chi connectivity index (χ0) is 18.3. The molecule has 0 aromatic heterocycles. The molecule has 4 bridgehead atoms. The molecule has 26 heavy (non-hydrogen) atoms. The Hall–Kier alpha value is -2.30. The molecule has 1 saturated carbocycles. The topological polar surface area (TPSA) is 55.8 Å². The molecular formula is C21H25NO4. The highest BCUT2D eigenvalue weighted by Crippen LogP contribution is 2.51. The van der Waals surface area contributed by atoms with Crippen LogP contribution in [0.25, 0.3) is 0 Å². The standard InChI is InChI=1S/C21H25NO4/c1-13-10-16-15-8-9-17(19(16)20(23)25-2)22(18(15)11-13)21(24)26-12-14-6-4-3-5-7-14/h3-9,13,15-19H,10-12H2,1-2H3/t13-,15-,16-,17+,18+,19+/m1/s1. The smallest absolute Gasteiger partial charge is 0.410 e. The van der Waals surface area contributed by atoms with Crippen LogP contribution in [0.4, 0.5) is 4.79 Å². The van der Waals surface area contributed by atoms with Crippen LogP contribution in [0.2, 0.25) is 0 Å². The van der Waals surface area contributed by atoms with E-state index in [1.807, 2.05) is 36.4 Å². The first-order valence-electron chi connectivity index (χ1n) is 9.35. The predicted molar refractivity (Wildman–Crippen MR) is 96.1 cm³/mol. The van der Waals surface area contributed by atoms with Crippen LogP contribution in [0.3, 0.4) is 0 Å². The molecule has 0 unspecified atom stereocenters. The van der Waals surface area contributed by atoms with Crippen LogP contribution >= 0.6 is 0 Å². The van der Waals surface area contributed by atoms with Crippen molar-refractivity contribution in [2.45, 2.75) is 38.5 Å². The molecule has 2 heterocycles. The van der Waals surface area contributed by atoms with Crippen molar-refractivity contribution in [2.75, 3.05) is 7.11 Å². The number of piperidine rings is 1. The Balaban J connectivity index is 1.57. The Morgan fingerprint density at radius 3 is 2.65 bits per heavy atom. The van der Waals surface area contributed by atoms with E-state index in [1.54, 1.807) is 4.90 Å².